The van der Waals surface area contributed by atoms with Crippen molar-refractivity contribution in [3.63, 3.8) is 0 Å². The third kappa shape index (κ3) is 3.95. The Morgan fingerprint density at radius 1 is 1.64 bits per heavy atom. The minimum absolute atomic E-state index is 0.258. The van der Waals surface area contributed by atoms with Crippen LogP contribution < -0.4 is 0 Å². The van der Waals surface area contributed by atoms with Gasteiger partial charge in [0.2, 0.25) is 0 Å². The Labute approximate surface area is 65.8 Å². The van der Waals surface area contributed by atoms with Crippen molar-refractivity contribution < 1.29 is 19.7 Å². The minimum Gasteiger partial charge on any atom is -0.481 e. The summed E-state index contributed by atoms with van der Waals surface area (Å²) < 4.78 is 4.85. The van der Waals surface area contributed by atoms with Gasteiger partial charge in [-0.2, -0.15) is 0 Å². The van der Waals surface area contributed by atoms with E-state index in [9.17, 15) is 9.90 Å². The summed E-state index contributed by atoms with van der Waals surface area (Å²) in [5.74, 6) is -1.01. The van der Waals surface area contributed by atoms with Gasteiger partial charge in [0.15, 0.2) is 0 Å². The van der Waals surface area contributed by atoms with Crippen molar-refractivity contribution in [1.82, 2.24) is 0 Å². The zero-order valence-corrected chi connectivity index (χ0v) is 6.78. The Balaban J connectivity index is 3.78. The van der Waals surface area contributed by atoms with Crippen molar-refractivity contribution in [1.29, 1.82) is 0 Å². The predicted octanol–water partition coefficient (Wildman–Crippen LogP) is 0.247. The van der Waals surface area contributed by atoms with E-state index in [2.05, 4.69) is 0 Å². The number of hydrogen-bond acceptors (Lipinski definition) is 3. The maximum absolute atomic E-state index is 10.1. The van der Waals surface area contributed by atoms with Crippen molar-refractivity contribution >= 4 is 5.97 Å². The smallest absolute Gasteiger partial charge is 0.306 e. The van der Waals surface area contributed by atoms with Crippen molar-refractivity contribution in [3.8, 4) is 0 Å². The van der Waals surface area contributed by atoms with Gasteiger partial charge in [0.25, 0.3) is 0 Å². The lowest BCUT2D eigenvalue weighted by Crippen LogP contribution is -2.29. The van der Waals surface area contributed by atoms with E-state index >= 15 is 0 Å². The van der Waals surface area contributed by atoms with E-state index in [4.69, 9.17) is 9.84 Å². The Kier molecular flexibility index (Phi) is 4.81. The molecule has 0 aliphatic carbocycles. The van der Waals surface area contributed by atoms with Crippen LogP contribution in [0.5, 0.6) is 0 Å². The molecule has 4 nitrogen and oxygen atoms in total. The Hall–Kier alpha value is -0.610. The molecule has 0 bridgehead atoms. The second-order valence-corrected chi connectivity index (χ2v) is 2.35. The van der Waals surface area contributed by atoms with Crippen LogP contribution in [0.1, 0.15) is 19.8 Å². The molecule has 4 heteroatoms. The summed E-state index contributed by atoms with van der Waals surface area (Å²) in [7, 11) is 1.46. The van der Waals surface area contributed by atoms with Crippen molar-refractivity contribution in [2.45, 2.75) is 32.0 Å². The molecule has 2 unspecified atom stereocenters. The Bertz CT molecular complexity index is 120. The van der Waals surface area contributed by atoms with Gasteiger partial charge in [0, 0.05) is 7.11 Å². The fourth-order valence-electron chi connectivity index (χ4n) is 0.906. The third-order valence-electron chi connectivity index (χ3n) is 1.52. The van der Waals surface area contributed by atoms with E-state index in [0.29, 0.717) is 6.42 Å². The largest absolute Gasteiger partial charge is 0.481 e. The molecule has 2 N–H and O–H groups in total. The fourth-order valence-corrected chi connectivity index (χ4v) is 0.906. The fraction of sp³-hybridized carbons (Fsp3) is 0.857. The van der Waals surface area contributed by atoms with Gasteiger partial charge in [-0.15, -0.1) is 0 Å². The summed E-state index contributed by atoms with van der Waals surface area (Å²) in [5, 5.41) is 17.5. The highest BCUT2D eigenvalue weighted by molar-refractivity contribution is 5.67. The molecular weight excluding hydrogens is 148 g/mol. The molecule has 0 aromatic carbocycles. The molecule has 0 saturated heterocycles. The van der Waals surface area contributed by atoms with Gasteiger partial charge in [-0.1, -0.05) is 6.92 Å². The van der Waals surface area contributed by atoms with Gasteiger partial charge in [-0.3, -0.25) is 4.79 Å². The molecule has 0 aliphatic rings. The van der Waals surface area contributed by atoms with Crippen LogP contribution in [0, 0.1) is 0 Å². The quantitative estimate of drug-likeness (QED) is 0.608. The summed E-state index contributed by atoms with van der Waals surface area (Å²) >= 11 is 0. The molecule has 0 aromatic heterocycles. The van der Waals surface area contributed by atoms with Gasteiger partial charge in [-0.05, 0) is 6.42 Å². The first-order chi connectivity index (χ1) is 5.11. The van der Waals surface area contributed by atoms with Gasteiger partial charge in [0.1, 0.15) is 0 Å². The predicted molar refractivity (Wildman–Crippen MR) is 39.3 cm³/mol. The lowest BCUT2D eigenvalue weighted by Gasteiger charge is -2.17. The number of aliphatic carboxylic acids is 1. The highest BCUT2D eigenvalue weighted by Gasteiger charge is 2.19. The van der Waals surface area contributed by atoms with Crippen LogP contribution in [0.4, 0.5) is 0 Å². The first kappa shape index (κ1) is 10.4. The minimum atomic E-state index is -1.01. The molecule has 0 heterocycles. The lowest BCUT2D eigenvalue weighted by atomic mass is 10.1. The summed E-state index contributed by atoms with van der Waals surface area (Å²) in [6.07, 6.45) is -0.911. The van der Waals surface area contributed by atoms with E-state index in [1.54, 1.807) is 0 Å². The molecule has 0 spiro atoms. The summed E-state index contributed by atoms with van der Waals surface area (Å²) in [6.45, 7) is 1.83. The number of aliphatic hydroxyl groups is 1. The number of carbonyl (C=O) groups is 1. The number of aliphatic hydroxyl groups excluding tert-OH is 1. The zero-order chi connectivity index (χ0) is 8.85. The maximum atomic E-state index is 10.1. The van der Waals surface area contributed by atoms with Crippen molar-refractivity contribution in [3.05, 3.63) is 0 Å². The number of hydrogen-bond donors (Lipinski definition) is 2. The topological polar surface area (TPSA) is 66.8 Å². The molecule has 0 rings (SSSR count). The average Bonchev–Trinajstić information content (AvgIpc) is 1.88. The number of carboxylic acid groups (broad SMARTS) is 1. The third-order valence-corrected chi connectivity index (χ3v) is 1.52. The number of rotatable bonds is 5. The van der Waals surface area contributed by atoms with E-state index < -0.39 is 12.1 Å². The molecule has 0 aromatic rings. The normalized spacial score (nSPS) is 15.9. The van der Waals surface area contributed by atoms with Crippen LogP contribution in [0.3, 0.4) is 0 Å². The van der Waals surface area contributed by atoms with Crippen LogP contribution in [0.15, 0.2) is 0 Å². The van der Waals surface area contributed by atoms with E-state index in [0.717, 1.165) is 0 Å². The summed E-state index contributed by atoms with van der Waals surface area (Å²) in [4.78, 5) is 10.1. The van der Waals surface area contributed by atoms with Crippen LogP contribution in [0.25, 0.3) is 0 Å². The van der Waals surface area contributed by atoms with Gasteiger partial charge < -0.3 is 14.9 Å². The van der Waals surface area contributed by atoms with Gasteiger partial charge >= 0.3 is 5.97 Å². The molecule has 11 heavy (non-hydrogen) atoms. The molecule has 66 valence electrons. The van der Waals surface area contributed by atoms with Gasteiger partial charge in [0.05, 0.1) is 18.6 Å². The van der Waals surface area contributed by atoms with Gasteiger partial charge in [-0.25, -0.2) is 0 Å². The standard InChI is InChI=1S/C7H14O4/c1-3-6(11-2)5(8)4-7(9)10/h5-6,8H,3-4H2,1-2H3,(H,9,10). The monoisotopic (exact) mass is 162 g/mol. The molecule has 0 saturated carbocycles. The number of ether oxygens (including phenoxy) is 1. The average molecular weight is 162 g/mol. The molecule has 0 fully saturated rings. The molecular formula is C7H14O4. The van der Waals surface area contributed by atoms with E-state index in [-0.39, 0.29) is 12.5 Å². The summed E-state index contributed by atoms with van der Waals surface area (Å²) in [6, 6.07) is 0. The van der Waals surface area contributed by atoms with E-state index in [1.165, 1.54) is 7.11 Å². The lowest BCUT2D eigenvalue weighted by molar-refractivity contribution is -0.141. The summed E-state index contributed by atoms with van der Waals surface area (Å²) in [5.41, 5.74) is 0. The van der Waals surface area contributed by atoms with Crippen LogP contribution >= 0.6 is 0 Å². The van der Waals surface area contributed by atoms with Crippen molar-refractivity contribution in [2.24, 2.45) is 0 Å². The Morgan fingerprint density at radius 2 is 2.18 bits per heavy atom. The Morgan fingerprint density at radius 3 is 2.45 bits per heavy atom. The maximum Gasteiger partial charge on any atom is 0.306 e. The first-order valence-corrected chi connectivity index (χ1v) is 3.54. The van der Waals surface area contributed by atoms with E-state index in [1.807, 2.05) is 6.92 Å². The second-order valence-electron chi connectivity index (χ2n) is 2.35. The first-order valence-electron chi connectivity index (χ1n) is 3.54. The van der Waals surface area contributed by atoms with Crippen LogP contribution in [-0.4, -0.2) is 35.5 Å². The number of methoxy groups -OCH3 is 1. The van der Waals surface area contributed by atoms with Crippen LogP contribution in [-0.2, 0) is 9.53 Å². The zero-order valence-electron chi connectivity index (χ0n) is 6.78. The molecule has 0 radical (unpaired) electrons. The highest BCUT2D eigenvalue weighted by Crippen LogP contribution is 2.06. The molecule has 0 aliphatic heterocycles. The SMILES string of the molecule is CCC(OC)C(O)CC(=O)O. The molecule has 2 atom stereocenters. The highest BCUT2D eigenvalue weighted by atomic mass is 16.5. The molecule has 0 amide bonds. The van der Waals surface area contributed by atoms with Crippen molar-refractivity contribution in [2.75, 3.05) is 7.11 Å². The second kappa shape index (κ2) is 5.09. The van der Waals surface area contributed by atoms with Crippen LogP contribution in [0.2, 0.25) is 0 Å². The number of carboxylic acids is 1.